The standard InChI is InChI=1S/C33H38ClN3O4/c1-33(2,40)24-9-12-31-29(19-24)27(28-5-3-15-35-30(28)22-41-31)6-4-16-36-17-13-26(14-18-36)37(21-32(38)39)20-23-7-10-25(34)11-8-23/h3,5-12,15,19,26,40H,4,13-14,16-18,20-22H2,1-2H3,(H,38,39). The highest BCUT2D eigenvalue weighted by atomic mass is 35.5. The van der Waals surface area contributed by atoms with Gasteiger partial charge in [0.15, 0.2) is 0 Å². The number of likely N-dealkylation sites (tertiary alicyclic amines) is 1. The number of rotatable bonds is 9. The summed E-state index contributed by atoms with van der Waals surface area (Å²) in [7, 11) is 0. The molecule has 5 rings (SSSR count). The molecule has 0 unspecified atom stereocenters. The summed E-state index contributed by atoms with van der Waals surface area (Å²) in [6.45, 7) is 7.37. The lowest BCUT2D eigenvalue weighted by molar-refractivity contribution is -0.139. The van der Waals surface area contributed by atoms with Crippen LogP contribution < -0.4 is 4.74 Å². The van der Waals surface area contributed by atoms with Crippen LogP contribution in [0.25, 0.3) is 5.57 Å². The molecular formula is C33H38ClN3O4. The highest BCUT2D eigenvalue weighted by Crippen LogP contribution is 2.38. The number of pyridine rings is 1. The van der Waals surface area contributed by atoms with Crippen LogP contribution in [0, 0.1) is 0 Å². The van der Waals surface area contributed by atoms with E-state index in [2.05, 4.69) is 26.9 Å². The minimum Gasteiger partial charge on any atom is -0.487 e. The molecule has 2 aliphatic heterocycles. The number of nitrogens with zero attached hydrogens (tertiary/aromatic N) is 3. The SMILES string of the molecule is CC(C)(O)c1ccc2c(c1)C(=CCCN1CCC(N(CC(=O)O)Cc3ccc(Cl)cc3)CC1)c1cccnc1CO2. The van der Waals surface area contributed by atoms with Gasteiger partial charge in [-0.1, -0.05) is 41.9 Å². The molecule has 7 nitrogen and oxygen atoms in total. The van der Waals surface area contributed by atoms with Crippen molar-refractivity contribution in [3.63, 3.8) is 0 Å². The molecule has 8 heteroatoms. The second kappa shape index (κ2) is 12.7. The number of fused-ring (bicyclic) bond motifs is 2. The predicted octanol–water partition coefficient (Wildman–Crippen LogP) is 5.73. The molecule has 2 aliphatic rings. The van der Waals surface area contributed by atoms with E-state index in [9.17, 15) is 15.0 Å². The molecule has 0 spiro atoms. The van der Waals surface area contributed by atoms with Gasteiger partial charge in [0.2, 0.25) is 0 Å². The van der Waals surface area contributed by atoms with Gasteiger partial charge in [-0.15, -0.1) is 0 Å². The van der Waals surface area contributed by atoms with Gasteiger partial charge >= 0.3 is 5.97 Å². The lowest BCUT2D eigenvalue weighted by Gasteiger charge is -2.38. The smallest absolute Gasteiger partial charge is 0.317 e. The number of halogens is 1. The molecule has 1 aromatic heterocycles. The largest absolute Gasteiger partial charge is 0.487 e. The number of aliphatic hydroxyl groups is 1. The van der Waals surface area contributed by atoms with Crippen LogP contribution in [-0.2, 0) is 23.5 Å². The van der Waals surface area contributed by atoms with Crippen molar-refractivity contribution in [2.45, 2.75) is 57.9 Å². The van der Waals surface area contributed by atoms with Gasteiger partial charge in [0.25, 0.3) is 0 Å². The van der Waals surface area contributed by atoms with Crippen LogP contribution in [0.2, 0.25) is 5.02 Å². The summed E-state index contributed by atoms with van der Waals surface area (Å²) in [5, 5.41) is 20.9. The molecule has 0 aliphatic carbocycles. The summed E-state index contributed by atoms with van der Waals surface area (Å²) < 4.78 is 6.13. The maximum Gasteiger partial charge on any atom is 0.317 e. The molecule has 216 valence electrons. The Morgan fingerprint density at radius 2 is 1.90 bits per heavy atom. The number of carbonyl (C=O) groups is 1. The van der Waals surface area contributed by atoms with E-state index in [1.54, 1.807) is 20.0 Å². The van der Waals surface area contributed by atoms with Crippen molar-refractivity contribution in [2.24, 2.45) is 0 Å². The Morgan fingerprint density at radius 1 is 1.15 bits per heavy atom. The van der Waals surface area contributed by atoms with Gasteiger partial charge in [-0.25, -0.2) is 0 Å². The van der Waals surface area contributed by atoms with Gasteiger partial charge in [-0.05, 0) is 93.2 Å². The fourth-order valence-electron chi connectivity index (χ4n) is 5.77. The fourth-order valence-corrected chi connectivity index (χ4v) is 5.89. The number of aromatic nitrogens is 1. The van der Waals surface area contributed by atoms with Gasteiger partial charge in [0.05, 0.1) is 17.8 Å². The lowest BCUT2D eigenvalue weighted by atomic mass is 9.90. The molecule has 3 heterocycles. The molecule has 0 atom stereocenters. The van der Waals surface area contributed by atoms with Gasteiger partial charge in [0, 0.05) is 41.5 Å². The van der Waals surface area contributed by atoms with Crippen LogP contribution in [0.4, 0.5) is 0 Å². The topological polar surface area (TPSA) is 86.1 Å². The number of aliphatic carboxylic acids is 1. The van der Waals surface area contributed by atoms with Crippen molar-refractivity contribution in [1.29, 1.82) is 0 Å². The van der Waals surface area contributed by atoms with E-state index in [1.165, 1.54) is 0 Å². The number of hydrogen-bond acceptors (Lipinski definition) is 6. The first-order valence-electron chi connectivity index (χ1n) is 14.2. The summed E-state index contributed by atoms with van der Waals surface area (Å²) in [6, 6.07) is 17.8. The third-order valence-electron chi connectivity index (χ3n) is 8.03. The lowest BCUT2D eigenvalue weighted by Crippen LogP contribution is -2.46. The summed E-state index contributed by atoms with van der Waals surface area (Å²) in [5.41, 5.74) is 4.96. The maximum absolute atomic E-state index is 11.6. The van der Waals surface area contributed by atoms with Crippen molar-refractivity contribution >= 4 is 23.1 Å². The zero-order valence-corrected chi connectivity index (χ0v) is 24.5. The predicted molar refractivity (Wildman–Crippen MR) is 161 cm³/mol. The zero-order chi connectivity index (χ0) is 29.0. The fraction of sp³-hybridized carbons (Fsp3) is 0.394. The quantitative estimate of drug-likeness (QED) is 0.337. The van der Waals surface area contributed by atoms with Crippen LogP contribution in [0.5, 0.6) is 5.75 Å². The monoisotopic (exact) mass is 575 g/mol. The molecule has 0 radical (unpaired) electrons. The Labute approximate surface area is 247 Å². The third-order valence-corrected chi connectivity index (χ3v) is 8.28. The number of hydrogen-bond donors (Lipinski definition) is 2. The van der Waals surface area contributed by atoms with Crippen molar-refractivity contribution < 1.29 is 19.7 Å². The van der Waals surface area contributed by atoms with Crippen molar-refractivity contribution in [2.75, 3.05) is 26.2 Å². The number of carboxylic acids is 1. The van der Waals surface area contributed by atoms with E-state index in [0.29, 0.717) is 18.2 Å². The van der Waals surface area contributed by atoms with Crippen LogP contribution in [0.3, 0.4) is 0 Å². The van der Waals surface area contributed by atoms with E-state index >= 15 is 0 Å². The van der Waals surface area contributed by atoms with Crippen LogP contribution in [0.15, 0.2) is 66.9 Å². The molecule has 0 saturated carbocycles. The van der Waals surface area contributed by atoms with Gasteiger partial charge in [0.1, 0.15) is 12.4 Å². The summed E-state index contributed by atoms with van der Waals surface area (Å²) in [5.74, 6) is -0.00883. The highest BCUT2D eigenvalue weighted by Gasteiger charge is 2.27. The molecule has 0 amide bonds. The Morgan fingerprint density at radius 3 is 2.61 bits per heavy atom. The summed E-state index contributed by atoms with van der Waals surface area (Å²) in [4.78, 5) is 20.7. The Kier molecular flexibility index (Phi) is 9.09. The maximum atomic E-state index is 11.6. The first-order valence-corrected chi connectivity index (χ1v) is 14.6. The molecule has 3 aromatic rings. The average molecular weight is 576 g/mol. The van der Waals surface area contributed by atoms with Crippen LogP contribution in [-0.4, -0.2) is 63.2 Å². The Hall–Kier alpha value is -3.23. The number of benzene rings is 2. The normalized spacial score (nSPS) is 17.1. The first-order chi connectivity index (χ1) is 19.7. The molecule has 41 heavy (non-hydrogen) atoms. The molecule has 2 aromatic carbocycles. The molecular weight excluding hydrogens is 538 g/mol. The van der Waals surface area contributed by atoms with E-state index in [-0.39, 0.29) is 12.6 Å². The van der Waals surface area contributed by atoms with Crippen molar-refractivity contribution in [3.05, 3.63) is 99.8 Å². The minimum atomic E-state index is -0.962. The van der Waals surface area contributed by atoms with E-state index in [4.69, 9.17) is 16.3 Å². The highest BCUT2D eigenvalue weighted by molar-refractivity contribution is 6.30. The second-order valence-corrected chi connectivity index (χ2v) is 11.9. The molecule has 0 bridgehead atoms. The Bertz CT molecular complexity index is 1390. The Balaban J connectivity index is 1.27. The van der Waals surface area contributed by atoms with Crippen molar-refractivity contribution in [1.82, 2.24) is 14.8 Å². The van der Waals surface area contributed by atoms with Crippen molar-refractivity contribution in [3.8, 4) is 5.75 Å². The summed E-state index contributed by atoms with van der Waals surface area (Å²) >= 11 is 6.03. The van der Waals surface area contributed by atoms with Gasteiger partial charge in [-0.2, -0.15) is 0 Å². The number of carboxylic acid groups (broad SMARTS) is 1. The second-order valence-electron chi connectivity index (χ2n) is 11.5. The van der Waals surface area contributed by atoms with E-state index in [0.717, 1.165) is 78.2 Å². The molecule has 1 fully saturated rings. The molecule has 2 N–H and O–H groups in total. The van der Waals surface area contributed by atoms with E-state index < -0.39 is 11.6 Å². The zero-order valence-electron chi connectivity index (χ0n) is 23.7. The third kappa shape index (κ3) is 7.35. The van der Waals surface area contributed by atoms with E-state index in [1.807, 2.05) is 48.5 Å². The van der Waals surface area contributed by atoms with Crippen LogP contribution in [0.1, 0.15) is 61.1 Å². The summed E-state index contributed by atoms with van der Waals surface area (Å²) in [6.07, 6.45) is 6.77. The van der Waals surface area contributed by atoms with Gasteiger partial charge in [-0.3, -0.25) is 14.7 Å². The van der Waals surface area contributed by atoms with Crippen LogP contribution >= 0.6 is 11.6 Å². The number of piperidine rings is 1. The molecule has 1 saturated heterocycles. The first kappa shape index (κ1) is 29.3. The average Bonchev–Trinajstić information content (AvgIpc) is 3.10. The minimum absolute atomic E-state index is 0.0287. The number of ether oxygens (including phenoxy) is 1. The van der Waals surface area contributed by atoms with Gasteiger partial charge < -0.3 is 19.8 Å².